The van der Waals surface area contributed by atoms with Gasteiger partial charge >= 0.3 is 0 Å². The summed E-state index contributed by atoms with van der Waals surface area (Å²) in [5.41, 5.74) is 2.28. The fourth-order valence-electron chi connectivity index (χ4n) is 3.00. The van der Waals surface area contributed by atoms with Crippen molar-refractivity contribution in [2.75, 3.05) is 7.11 Å². The fourth-order valence-corrected chi connectivity index (χ4v) is 3.28. The Morgan fingerprint density at radius 3 is 2.62 bits per heavy atom. The second kappa shape index (κ2) is 10.1. The molecule has 0 aromatic heterocycles. The Bertz CT molecular complexity index is 1290. The van der Waals surface area contributed by atoms with Gasteiger partial charge in [0.25, 0.3) is 5.69 Å². The Kier molecular flexibility index (Phi) is 7.07. The molecular weight excluding hydrogens is 430 g/mol. The van der Waals surface area contributed by atoms with Gasteiger partial charge in [0.1, 0.15) is 6.61 Å². The van der Waals surface area contributed by atoms with Crippen LogP contribution in [0.25, 0.3) is 11.6 Å². The molecule has 0 atom stereocenters. The van der Waals surface area contributed by atoms with Crippen molar-refractivity contribution in [1.82, 2.24) is 0 Å². The van der Waals surface area contributed by atoms with Crippen LogP contribution >= 0.6 is 11.6 Å². The summed E-state index contributed by atoms with van der Waals surface area (Å²) < 4.78 is 11.2. The molecule has 8 heteroatoms. The molecule has 0 saturated heterocycles. The molecule has 0 N–H and O–H groups in total. The summed E-state index contributed by atoms with van der Waals surface area (Å²) in [6.45, 7) is 0.117. The second-order valence-corrected chi connectivity index (χ2v) is 6.98. The third-order valence-electron chi connectivity index (χ3n) is 4.56. The van der Waals surface area contributed by atoms with Gasteiger partial charge in [-0.2, -0.15) is 10.5 Å². The van der Waals surface area contributed by atoms with Crippen molar-refractivity contribution in [3.63, 3.8) is 0 Å². The topological polar surface area (TPSA) is 109 Å². The largest absolute Gasteiger partial charge is 0.493 e. The lowest BCUT2D eigenvalue weighted by molar-refractivity contribution is -0.384. The van der Waals surface area contributed by atoms with Crippen molar-refractivity contribution in [1.29, 1.82) is 10.5 Å². The number of halogens is 1. The Hall–Kier alpha value is -4.33. The van der Waals surface area contributed by atoms with Crippen LogP contribution in [0.3, 0.4) is 0 Å². The molecule has 0 saturated carbocycles. The van der Waals surface area contributed by atoms with Crippen LogP contribution in [0, 0.1) is 32.8 Å². The molecule has 0 spiro atoms. The molecule has 7 nitrogen and oxygen atoms in total. The molecule has 3 aromatic carbocycles. The van der Waals surface area contributed by atoms with Gasteiger partial charge in [-0.25, -0.2) is 0 Å². The molecule has 0 aliphatic heterocycles. The summed E-state index contributed by atoms with van der Waals surface area (Å²) in [6.07, 6.45) is 1.56. The van der Waals surface area contributed by atoms with E-state index in [-0.39, 0.29) is 22.9 Å². The molecule has 0 bridgehead atoms. The number of non-ortho nitro benzene ring substituents is 1. The minimum absolute atomic E-state index is 0.110. The van der Waals surface area contributed by atoms with Crippen molar-refractivity contribution >= 4 is 28.9 Å². The van der Waals surface area contributed by atoms with Gasteiger partial charge in [0.05, 0.1) is 40.3 Å². The van der Waals surface area contributed by atoms with E-state index >= 15 is 0 Å². The van der Waals surface area contributed by atoms with Gasteiger partial charge in [-0.1, -0.05) is 41.9 Å². The molecule has 0 aliphatic rings. The van der Waals surface area contributed by atoms with E-state index in [1.54, 1.807) is 42.5 Å². The number of ether oxygens (including phenoxy) is 2. The maximum Gasteiger partial charge on any atom is 0.270 e. The first-order valence-corrected chi connectivity index (χ1v) is 9.69. The van der Waals surface area contributed by atoms with E-state index in [9.17, 15) is 20.6 Å². The van der Waals surface area contributed by atoms with Crippen molar-refractivity contribution in [2.24, 2.45) is 0 Å². The first kappa shape index (κ1) is 22.4. The third kappa shape index (κ3) is 5.04. The maximum absolute atomic E-state index is 11.0. The van der Waals surface area contributed by atoms with Crippen LogP contribution in [0.5, 0.6) is 11.5 Å². The van der Waals surface area contributed by atoms with Crippen LogP contribution in [-0.4, -0.2) is 12.0 Å². The standard InChI is InChI=1S/C24H16ClN3O4/c1-31-23-11-16(9-20(14-27)17-7-4-8-21(12-17)28(29)30)10-22(25)24(23)32-15-19-6-3-2-5-18(19)13-26/h2-12H,15H2,1H3/b20-9-. The van der Waals surface area contributed by atoms with E-state index in [4.69, 9.17) is 21.1 Å². The molecule has 32 heavy (non-hydrogen) atoms. The lowest BCUT2D eigenvalue weighted by atomic mass is 10.0. The summed E-state index contributed by atoms with van der Waals surface area (Å²) in [7, 11) is 1.46. The predicted molar refractivity (Wildman–Crippen MR) is 120 cm³/mol. The molecule has 3 aromatic rings. The lowest BCUT2D eigenvalue weighted by Crippen LogP contribution is -2.01. The molecule has 0 unspecified atom stereocenters. The van der Waals surface area contributed by atoms with Crippen molar-refractivity contribution in [3.05, 3.63) is 98.1 Å². The zero-order valence-electron chi connectivity index (χ0n) is 16.9. The molecule has 0 aliphatic carbocycles. The SMILES string of the molecule is COc1cc(/C=C(/C#N)c2cccc([N+](=O)[O-])c2)cc(Cl)c1OCc1ccccc1C#N. The van der Waals surface area contributed by atoms with E-state index in [1.165, 1.54) is 25.3 Å². The van der Waals surface area contributed by atoms with Gasteiger partial charge < -0.3 is 9.47 Å². The first-order valence-electron chi connectivity index (χ1n) is 9.31. The monoisotopic (exact) mass is 445 g/mol. The highest BCUT2D eigenvalue weighted by atomic mass is 35.5. The van der Waals surface area contributed by atoms with Gasteiger partial charge in [-0.3, -0.25) is 10.1 Å². The zero-order valence-corrected chi connectivity index (χ0v) is 17.7. The van der Waals surface area contributed by atoms with E-state index in [0.717, 1.165) is 0 Å². The number of methoxy groups -OCH3 is 1. The van der Waals surface area contributed by atoms with Gasteiger partial charge in [0.15, 0.2) is 11.5 Å². The van der Waals surface area contributed by atoms with Crippen LogP contribution in [0.4, 0.5) is 5.69 Å². The van der Waals surface area contributed by atoms with Crippen molar-refractivity contribution < 1.29 is 14.4 Å². The summed E-state index contributed by atoms with van der Waals surface area (Å²) in [5, 5.41) is 30.1. The molecule has 0 heterocycles. The summed E-state index contributed by atoms with van der Waals surface area (Å²) in [6, 6.07) is 20.3. The number of nitro groups is 1. The summed E-state index contributed by atoms with van der Waals surface area (Å²) in [4.78, 5) is 10.5. The Labute approximate surface area is 189 Å². The molecule has 0 fully saturated rings. The smallest absolute Gasteiger partial charge is 0.270 e. The van der Waals surface area contributed by atoms with E-state index in [1.807, 2.05) is 6.07 Å². The minimum atomic E-state index is -0.519. The van der Waals surface area contributed by atoms with Crippen molar-refractivity contribution in [3.8, 4) is 23.6 Å². The third-order valence-corrected chi connectivity index (χ3v) is 4.84. The van der Waals surface area contributed by atoms with Crippen LogP contribution in [0.2, 0.25) is 5.02 Å². The average molecular weight is 446 g/mol. The number of nitro benzene ring substituents is 1. The number of hydrogen-bond donors (Lipinski definition) is 0. The molecular formula is C24H16ClN3O4. The average Bonchev–Trinajstić information content (AvgIpc) is 2.81. The number of nitriles is 2. The number of hydrogen-bond acceptors (Lipinski definition) is 6. The number of allylic oxidation sites excluding steroid dienone is 1. The normalized spacial score (nSPS) is 10.7. The van der Waals surface area contributed by atoms with Crippen LogP contribution in [0.15, 0.2) is 60.7 Å². The summed E-state index contributed by atoms with van der Waals surface area (Å²) >= 11 is 6.42. The van der Waals surface area contributed by atoms with Crippen LogP contribution < -0.4 is 9.47 Å². The molecule has 3 rings (SSSR count). The maximum atomic E-state index is 11.0. The Balaban J connectivity index is 1.93. The minimum Gasteiger partial charge on any atom is -0.493 e. The zero-order chi connectivity index (χ0) is 23.1. The van der Waals surface area contributed by atoms with E-state index < -0.39 is 4.92 Å². The fraction of sp³-hybridized carbons (Fsp3) is 0.0833. The Morgan fingerprint density at radius 1 is 1.16 bits per heavy atom. The Morgan fingerprint density at radius 2 is 1.94 bits per heavy atom. The highest BCUT2D eigenvalue weighted by Gasteiger charge is 2.14. The number of benzene rings is 3. The number of nitrogens with zero attached hydrogens (tertiary/aromatic N) is 3. The van der Waals surface area contributed by atoms with E-state index in [2.05, 4.69) is 12.1 Å². The van der Waals surface area contributed by atoms with Gasteiger partial charge in [0, 0.05) is 17.7 Å². The van der Waals surface area contributed by atoms with Gasteiger partial charge in [-0.15, -0.1) is 0 Å². The molecule has 158 valence electrons. The lowest BCUT2D eigenvalue weighted by Gasteiger charge is -2.14. The number of rotatable bonds is 7. The quantitative estimate of drug-likeness (QED) is 0.197. The van der Waals surface area contributed by atoms with Gasteiger partial charge in [-0.05, 0) is 35.4 Å². The molecule has 0 amide bonds. The van der Waals surface area contributed by atoms with Gasteiger partial charge in [0.2, 0.25) is 0 Å². The first-order chi connectivity index (χ1) is 15.5. The van der Waals surface area contributed by atoms with Crippen LogP contribution in [0.1, 0.15) is 22.3 Å². The second-order valence-electron chi connectivity index (χ2n) is 6.57. The highest BCUT2D eigenvalue weighted by Crippen LogP contribution is 2.38. The predicted octanol–water partition coefficient (Wildman–Crippen LogP) is 5.77. The highest BCUT2D eigenvalue weighted by molar-refractivity contribution is 6.32. The van der Waals surface area contributed by atoms with E-state index in [0.29, 0.717) is 33.8 Å². The van der Waals surface area contributed by atoms with Crippen molar-refractivity contribution in [2.45, 2.75) is 6.61 Å². The summed E-state index contributed by atoms with van der Waals surface area (Å²) in [5.74, 6) is 0.641. The molecule has 0 radical (unpaired) electrons. The van der Waals surface area contributed by atoms with Crippen LogP contribution in [-0.2, 0) is 6.61 Å².